The Morgan fingerprint density at radius 2 is 1.86 bits per heavy atom. The van der Waals surface area contributed by atoms with Gasteiger partial charge in [0.05, 0.1) is 9.82 Å². The summed E-state index contributed by atoms with van der Waals surface area (Å²) in [7, 11) is -2.10. The van der Waals surface area contributed by atoms with Crippen molar-refractivity contribution in [3.63, 3.8) is 0 Å². The topological polar surface area (TPSA) is 128 Å². The second-order valence-corrected chi connectivity index (χ2v) is 7.75. The van der Waals surface area contributed by atoms with E-state index in [2.05, 4.69) is 10.0 Å². The molecule has 28 heavy (non-hydrogen) atoms. The van der Waals surface area contributed by atoms with Gasteiger partial charge in [0.25, 0.3) is 11.6 Å². The van der Waals surface area contributed by atoms with Gasteiger partial charge in [-0.05, 0) is 49.7 Å². The third-order valence-electron chi connectivity index (χ3n) is 3.90. The maximum atomic E-state index is 12.3. The Morgan fingerprint density at radius 1 is 1.18 bits per heavy atom. The number of anilines is 1. The van der Waals surface area contributed by atoms with Crippen molar-refractivity contribution >= 4 is 27.3 Å². The molecule has 9 nitrogen and oxygen atoms in total. The highest BCUT2D eigenvalue weighted by molar-refractivity contribution is 7.89. The van der Waals surface area contributed by atoms with Crippen LogP contribution in [0.3, 0.4) is 0 Å². The van der Waals surface area contributed by atoms with Gasteiger partial charge < -0.3 is 10.1 Å². The Kier molecular flexibility index (Phi) is 7.21. The van der Waals surface area contributed by atoms with E-state index < -0.39 is 20.9 Å². The van der Waals surface area contributed by atoms with Gasteiger partial charge >= 0.3 is 0 Å². The SMILES string of the molecule is COCCCNS(=O)(=O)c1ccc(NC(=O)c2ccc([N+](=O)[O-])c(C)c2)cc1. The number of nitrogens with one attached hydrogen (secondary N) is 2. The van der Waals surface area contributed by atoms with Crippen LogP contribution in [0, 0.1) is 17.0 Å². The van der Waals surface area contributed by atoms with Crippen molar-refractivity contribution in [2.24, 2.45) is 0 Å². The van der Waals surface area contributed by atoms with Crippen LogP contribution < -0.4 is 10.0 Å². The molecule has 2 aromatic rings. The molecule has 0 aliphatic rings. The van der Waals surface area contributed by atoms with E-state index in [0.717, 1.165) is 0 Å². The van der Waals surface area contributed by atoms with Crippen LogP contribution in [0.1, 0.15) is 22.3 Å². The summed E-state index contributed by atoms with van der Waals surface area (Å²) in [5, 5.41) is 13.5. The first-order valence-corrected chi connectivity index (χ1v) is 9.88. The van der Waals surface area contributed by atoms with E-state index in [1.165, 1.54) is 42.5 Å². The lowest BCUT2D eigenvalue weighted by Gasteiger charge is -2.09. The van der Waals surface area contributed by atoms with Crippen LogP contribution in [-0.2, 0) is 14.8 Å². The fourth-order valence-corrected chi connectivity index (χ4v) is 3.50. The Hall–Kier alpha value is -2.82. The number of benzene rings is 2. The van der Waals surface area contributed by atoms with Crippen LogP contribution in [0.15, 0.2) is 47.4 Å². The minimum atomic E-state index is -3.64. The maximum absolute atomic E-state index is 12.3. The number of nitrogens with zero attached hydrogens (tertiary/aromatic N) is 1. The third kappa shape index (κ3) is 5.59. The predicted octanol–water partition coefficient (Wildman–Crippen LogP) is 2.47. The van der Waals surface area contributed by atoms with Gasteiger partial charge in [-0.3, -0.25) is 14.9 Å². The molecule has 2 rings (SSSR count). The fourth-order valence-electron chi connectivity index (χ4n) is 2.43. The average molecular weight is 407 g/mol. The van der Waals surface area contributed by atoms with Gasteiger partial charge in [0.1, 0.15) is 0 Å². The summed E-state index contributed by atoms with van der Waals surface area (Å²) in [4.78, 5) is 22.7. The predicted molar refractivity (Wildman–Crippen MR) is 104 cm³/mol. The Morgan fingerprint density at radius 3 is 2.43 bits per heavy atom. The number of rotatable bonds is 9. The standard InChI is InChI=1S/C18H21N3O6S/c1-13-12-14(4-9-17(13)21(23)24)18(22)20-15-5-7-16(8-6-15)28(25,26)19-10-3-11-27-2/h4-9,12,19H,3,10-11H2,1-2H3,(H,20,22). The highest BCUT2D eigenvalue weighted by Gasteiger charge is 2.15. The summed E-state index contributed by atoms with van der Waals surface area (Å²) in [6.07, 6.45) is 0.554. The normalized spacial score (nSPS) is 11.2. The second kappa shape index (κ2) is 9.40. The molecule has 0 heterocycles. The lowest BCUT2D eigenvalue weighted by atomic mass is 10.1. The molecule has 0 atom stereocenters. The number of nitro benzene ring substituents is 1. The summed E-state index contributed by atoms with van der Waals surface area (Å²) in [5.41, 5.74) is 0.974. The zero-order chi connectivity index (χ0) is 20.7. The van der Waals surface area contributed by atoms with E-state index in [1.54, 1.807) is 14.0 Å². The summed E-state index contributed by atoms with van der Waals surface area (Å²) in [5.74, 6) is -0.453. The van der Waals surface area contributed by atoms with Gasteiger partial charge in [0.15, 0.2) is 0 Å². The van der Waals surface area contributed by atoms with Gasteiger partial charge in [0.2, 0.25) is 10.0 Å². The third-order valence-corrected chi connectivity index (χ3v) is 5.37. The Balaban J connectivity index is 2.05. The summed E-state index contributed by atoms with van der Waals surface area (Å²) in [6, 6.07) is 9.78. The molecule has 0 saturated carbocycles. The van der Waals surface area contributed by atoms with Crippen LogP contribution in [0.5, 0.6) is 0 Å². The van der Waals surface area contributed by atoms with E-state index in [1.807, 2.05) is 0 Å². The van der Waals surface area contributed by atoms with E-state index >= 15 is 0 Å². The van der Waals surface area contributed by atoms with Crippen molar-refractivity contribution in [3.05, 3.63) is 63.7 Å². The van der Waals surface area contributed by atoms with Crippen molar-refractivity contribution in [1.82, 2.24) is 4.72 Å². The second-order valence-electron chi connectivity index (χ2n) is 5.98. The summed E-state index contributed by atoms with van der Waals surface area (Å²) < 4.78 is 31.7. The van der Waals surface area contributed by atoms with Crippen molar-refractivity contribution in [3.8, 4) is 0 Å². The molecule has 2 N–H and O–H groups in total. The number of nitro groups is 1. The van der Waals surface area contributed by atoms with Crippen LogP contribution in [0.25, 0.3) is 0 Å². The van der Waals surface area contributed by atoms with Crippen molar-refractivity contribution in [1.29, 1.82) is 0 Å². The number of carbonyl (C=O) groups excluding carboxylic acids is 1. The van der Waals surface area contributed by atoms with Gasteiger partial charge in [-0.2, -0.15) is 0 Å². The molecule has 0 bridgehead atoms. The molecule has 150 valence electrons. The van der Waals surface area contributed by atoms with Crippen molar-refractivity contribution in [2.75, 3.05) is 25.6 Å². The maximum Gasteiger partial charge on any atom is 0.272 e. The molecular weight excluding hydrogens is 386 g/mol. The number of hydrogen-bond acceptors (Lipinski definition) is 6. The van der Waals surface area contributed by atoms with E-state index in [0.29, 0.717) is 24.3 Å². The smallest absolute Gasteiger partial charge is 0.272 e. The average Bonchev–Trinajstić information content (AvgIpc) is 2.65. The molecule has 0 saturated heterocycles. The number of carbonyl (C=O) groups is 1. The van der Waals surface area contributed by atoms with Gasteiger partial charge in [0, 0.05) is 43.1 Å². The molecule has 0 radical (unpaired) electrons. The number of sulfonamides is 1. The molecule has 0 fully saturated rings. The molecule has 0 aliphatic carbocycles. The zero-order valence-electron chi connectivity index (χ0n) is 15.5. The summed E-state index contributed by atoms with van der Waals surface area (Å²) in [6.45, 7) is 2.26. The molecule has 0 aliphatic heterocycles. The number of amides is 1. The van der Waals surface area contributed by atoms with Gasteiger partial charge in [-0.25, -0.2) is 13.1 Å². The number of hydrogen-bond donors (Lipinski definition) is 2. The largest absolute Gasteiger partial charge is 0.385 e. The number of aryl methyl sites for hydroxylation is 1. The van der Waals surface area contributed by atoms with Crippen LogP contribution >= 0.6 is 0 Å². The van der Waals surface area contributed by atoms with Crippen LogP contribution in [0.2, 0.25) is 0 Å². The first-order chi connectivity index (χ1) is 13.2. The molecule has 0 unspecified atom stereocenters. The first-order valence-electron chi connectivity index (χ1n) is 8.39. The Bertz CT molecular complexity index is 958. The van der Waals surface area contributed by atoms with E-state index in [9.17, 15) is 23.3 Å². The number of ether oxygens (including phenoxy) is 1. The van der Waals surface area contributed by atoms with Crippen molar-refractivity contribution in [2.45, 2.75) is 18.2 Å². The highest BCUT2D eigenvalue weighted by Crippen LogP contribution is 2.20. The van der Waals surface area contributed by atoms with Gasteiger partial charge in [-0.1, -0.05) is 0 Å². The zero-order valence-corrected chi connectivity index (χ0v) is 16.3. The van der Waals surface area contributed by atoms with E-state index in [4.69, 9.17) is 4.74 Å². The monoisotopic (exact) mass is 407 g/mol. The number of methoxy groups -OCH3 is 1. The quantitative estimate of drug-likeness (QED) is 0.373. The minimum Gasteiger partial charge on any atom is -0.385 e. The van der Waals surface area contributed by atoms with Gasteiger partial charge in [-0.15, -0.1) is 0 Å². The fraction of sp³-hybridized carbons (Fsp3) is 0.278. The molecule has 2 aromatic carbocycles. The summed E-state index contributed by atoms with van der Waals surface area (Å²) >= 11 is 0. The lowest BCUT2D eigenvalue weighted by Crippen LogP contribution is -2.25. The van der Waals surface area contributed by atoms with Crippen LogP contribution in [-0.4, -0.2) is 39.5 Å². The molecule has 0 spiro atoms. The van der Waals surface area contributed by atoms with Crippen molar-refractivity contribution < 1.29 is 22.9 Å². The van der Waals surface area contributed by atoms with Crippen LogP contribution in [0.4, 0.5) is 11.4 Å². The molecule has 1 amide bonds. The minimum absolute atomic E-state index is 0.0656. The highest BCUT2D eigenvalue weighted by atomic mass is 32.2. The molecule has 0 aromatic heterocycles. The Labute approximate surface area is 162 Å². The first kappa shape index (κ1) is 21.5. The molecular formula is C18H21N3O6S. The molecule has 10 heteroatoms. The lowest BCUT2D eigenvalue weighted by molar-refractivity contribution is -0.385. The van der Waals surface area contributed by atoms with E-state index in [-0.39, 0.29) is 22.7 Å².